The van der Waals surface area contributed by atoms with Crippen LogP contribution >= 0.6 is 23.7 Å². The Bertz CT molecular complexity index is 348. The maximum absolute atomic E-state index is 11.8. The molecule has 1 saturated heterocycles. The van der Waals surface area contributed by atoms with Gasteiger partial charge in [-0.2, -0.15) is 0 Å². The summed E-state index contributed by atoms with van der Waals surface area (Å²) in [6.45, 7) is 4.04. The number of carbonyl (C=O) groups excluding carboxylic acids is 1. The zero-order valence-corrected chi connectivity index (χ0v) is 10.9. The largest absolute Gasteiger partial charge is 0.349 e. The molecule has 0 atom stereocenters. The Morgan fingerprint density at radius 1 is 1.44 bits per heavy atom. The van der Waals surface area contributed by atoms with E-state index in [0.29, 0.717) is 6.04 Å². The molecular formula is C11H17ClN2OS. The molecule has 1 amide bonds. The molecule has 2 rings (SSSR count). The molecule has 0 aliphatic carbocycles. The van der Waals surface area contributed by atoms with Gasteiger partial charge in [0.15, 0.2) is 0 Å². The lowest BCUT2D eigenvalue weighted by Gasteiger charge is -2.23. The standard InChI is InChI=1S/C11H16N2OS.ClH/c1-8-2-3-10(15-8)11(14)13-9-4-6-12-7-5-9;/h2-3,9,12H,4-7H2,1H3,(H,13,14);1H. The van der Waals surface area contributed by atoms with Crippen LogP contribution in [0.15, 0.2) is 12.1 Å². The van der Waals surface area contributed by atoms with E-state index in [0.717, 1.165) is 30.8 Å². The van der Waals surface area contributed by atoms with E-state index in [2.05, 4.69) is 10.6 Å². The van der Waals surface area contributed by atoms with Crippen LogP contribution in [-0.2, 0) is 0 Å². The van der Waals surface area contributed by atoms with Crippen LogP contribution in [-0.4, -0.2) is 25.0 Å². The van der Waals surface area contributed by atoms with Crippen molar-refractivity contribution in [1.29, 1.82) is 0 Å². The molecule has 1 aromatic heterocycles. The molecule has 1 aliphatic rings. The average molecular weight is 261 g/mol. The van der Waals surface area contributed by atoms with Gasteiger partial charge in [-0.15, -0.1) is 23.7 Å². The van der Waals surface area contributed by atoms with Gasteiger partial charge in [0.2, 0.25) is 0 Å². The number of piperidine rings is 1. The van der Waals surface area contributed by atoms with Crippen molar-refractivity contribution in [2.75, 3.05) is 13.1 Å². The molecule has 90 valence electrons. The van der Waals surface area contributed by atoms with Crippen LogP contribution < -0.4 is 10.6 Å². The van der Waals surface area contributed by atoms with Gasteiger partial charge >= 0.3 is 0 Å². The Morgan fingerprint density at radius 2 is 2.12 bits per heavy atom. The first-order valence-corrected chi connectivity index (χ1v) is 6.15. The third kappa shape index (κ3) is 3.47. The number of aryl methyl sites for hydroxylation is 1. The highest BCUT2D eigenvalue weighted by Crippen LogP contribution is 2.15. The first-order chi connectivity index (χ1) is 7.25. The predicted octanol–water partition coefficient (Wildman–Crippen LogP) is 1.96. The fraction of sp³-hybridized carbons (Fsp3) is 0.545. The van der Waals surface area contributed by atoms with E-state index in [1.54, 1.807) is 11.3 Å². The first kappa shape index (κ1) is 13.5. The second-order valence-electron chi connectivity index (χ2n) is 3.91. The minimum Gasteiger partial charge on any atom is -0.349 e. The Hall–Kier alpha value is -0.580. The lowest BCUT2D eigenvalue weighted by molar-refractivity contribution is 0.0933. The van der Waals surface area contributed by atoms with E-state index < -0.39 is 0 Å². The van der Waals surface area contributed by atoms with Crippen LogP contribution in [0.3, 0.4) is 0 Å². The Kier molecular flexibility index (Phi) is 5.25. The van der Waals surface area contributed by atoms with E-state index >= 15 is 0 Å². The SMILES string of the molecule is Cc1ccc(C(=O)NC2CCNCC2)s1.Cl. The lowest BCUT2D eigenvalue weighted by atomic mass is 10.1. The van der Waals surface area contributed by atoms with Crippen LogP contribution in [0.25, 0.3) is 0 Å². The molecule has 1 fully saturated rings. The lowest BCUT2D eigenvalue weighted by Crippen LogP contribution is -2.42. The Morgan fingerprint density at radius 3 is 2.69 bits per heavy atom. The van der Waals surface area contributed by atoms with E-state index in [-0.39, 0.29) is 18.3 Å². The summed E-state index contributed by atoms with van der Waals surface area (Å²) < 4.78 is 0. The summed E-state index contributed by atoms with van der Waals surface area (Å²) in [4.78, 5) is 13.8. The molecule has 0 bridgehead atoms. The fourth-order valence-corrected chi connectivity index (χ4v) is 2.55. The third-order valence-corrected chi connectivity index (χ3v) is 3.64. The maximum atomic E-state index is 11.8. The summed E-state index contributed by atoms with van der Waals surface area (Å²) in [5, 5.41) is 6.36. The van der Waals surface area contributed by atoms with Crippen molar-refractivity contribution >= 4 is 29.7 Å². The predicted molar refractivity (Wildman–Crippen MR) is 69.7 cm³/mol. The van der Waals surface area contributed by atoms with Crippen LogP contribution in [0.2, 0.25) is 0 Å². The summed E-state index contributed by atoms with van der Waals surface area (Å²) in [7, 11) is 0. The van der Waals surface area contributed by atoms with Crippen molar-refractivity contribution in [2.24, 2.45) is 0 Å². The number of hydrogen-bond donors (Lipinski definition) is 2. The molecular weight excluding hydrogens is 244 g/mol. The molecule has 0 spiro atoms. The van der Waals surface area contributed by atoms with E-state index in [9.17, 15) is 4.79 Å². The summed E-state index contributed by atoms with van der Waals surface area (Å²) in [6.07, 6.45) is 2.08. The zero-order valence-electron chi connectivity index (χ0n) is 9.29. The minimum atomic E-state index is 0. The van der Waals surface area contributed by atoms with Crippen LogP contribution in [0.5, 0.6) is 0 Å². The summed E-state index contributed by atoms with van der Waals surface area (Å²) in [6, 6.07) is 4.24. The van der Waals surface area contributed by atoms with Gasteiger partial charge < -0.3 is 10.6 Å². The number of halogens is 1. The van der Waals surface area contributed by atoms with Crippen molar-refractivity contribution in [3.63, 3.8) is 0 Å². The molecule has 0 saturated carbocycles. The highest BCUT2D eigenvalue weighted by atomic mass is 35.5. The van der Waals surface area contributed by atoms with Crippen molar-refractivity contribution < 1.29 is 4.79 Å². The molecule has 1 aliphatic heterocycles. The second kappa shape index (κ2) is 6.23. The molecule has 3 nitrogen and oxygen atoms in total. The molecule has 0 aromatic carbocycles. The van der Waals surface area contributed by atoms with Gasteiger partial charge in [-0.05, 0) is 45.0 Å². The molecule has 2 heterocycles. The Balaban J connectivity index is 0.00000128. The third-order valence-electron chi connectivity index (χ3n) is 2.64. The van der Waals surface area contributed by atoms with Gasteiger partial charge in [-0.1, -0.05) is 0 Å². The quantitative estimate of drug-likeness (QED) is 0.854. The number of amides is 1. The monoisotopic (exact) mass is 260 g/mol. The smallest absolute Gasteiger partial charge is 0.261 e. The summed E-state index contributed by atoms with van der Waals surface area (Å²) >= 11 is 1.56. The fourth-order valence-electron chi connectivity index (χ4n) is 1.78. The second-order valence-corrected chi connectivity index (χ2v) is 5.20. The average Bonchev–Trinajstić information content (AvgIpc) is 2.66. The van der Waals surface area contributed by atoms with Gasteiger partial charge in [0.05, 0.1) is 4.88 Å². The molecule has 16 heavy (non-hydrogen) atoms. The topological polar surface area (TPSA) is 41.1 Å². The van der Waals surface area contributed by atoms with Crippen molar-refractivity contribution in [1.82, 2.24) is 10.6 Å². The van der Waals surface area contributed by atoms with Crippen molar-refractivity contribution in [3.8, 4) is 0 Å². The number of carbonyl (C=O) groups is 1. The molecule has 1 aromatic rings. The summed E-state index contributed by atoms with van der Waals surface area (Å²) in [5.74, 6) is 0.0833. The van der Waals surface area contributed by atoms with Gasteiger partial charge in [0, 0.05) is 10.9 Å². The first-order valence-electron chi connectivity index (χ1n) is 5.34. The summed E-state index contributed by atoms with van der Waals surface area (Å²) in [5.41, 5.74) is 0. The van der Waals surface area contributed by atoms with Crippen molar-refractivity contribution in [2.45, 2.75) is 25.8 Å². The Labute approximate surface area is 106 Å². The maximum Gasteiger partial charge on any atom is 0.261 e. The normalized spacial score (nSPS) is 16.6. The molecule has 0 radical (unpaired) electrons. The van der Waals surface area contributed by atoms with E-state index in [1.807, 2.05) is 19.1 Å². The van der Waals surface area contributed by atoms with E-state index in [4.69, 9.17) is 0 Å². The van der Waals surface area contributed by atoms with Crippen LogP contribution in [0.4, 0.5) is 0 Å². The number of nitrogens with one attached hydrogen (secondary N) is 2. The zero-order chi connectivity index (χ0) is 10.7. The van der Waals surface area contributed by atoms with E-state index in [1.165, 1.54) is 4.88 Å². The molecule has 2 N–H and O–H groups in total. The number of rotatable bonds is 2. The molecule has 0 unspecified atom stereocenters. The molecule has 5 heteroatoms. The van der Waals surface area contributed by atoms with Gasteiger partial charge in [0.25, 0.3) is 5.91 Å². The van der Waals surface area contributed by atoms with Crippen molar-refractivity contribution in [3.05, 3.63) is 21.9 Å². The van der Waals surface area contributed by atoms with Crippen LogP contribution in [0.1, 0.15) is 27.4 Å². The van der Waals surface area contributed by atoms with Gasteiger partial charge in [-0.25, -0.2) is 0 Å². The van der Waals surface area contributed by atoms with Gasteiger partial charge in [-0.3, -0.25) is 4.79 Å². The number of hydrogen-bond acceptors (Lipinski definition) is 3. The highest BCUT2D eigenvalue weighted by molar-refractivity contribution is 7.13. The highest BCUT2D eigenvalue weighted by Gasteiger charge is 2.16. The van der Waals surface area contributed by atoms with Crippen LogP contribution in [0, 0.1) is 6.92 Å². The number of thiophene rings is 1. The minimum absolute atomic E-state index is 0. The van der Waals surface area contributed by atoms with Gasteiger partial charge in [0.1, 0.15) is 0 Å².